The molecule has 3 heterocycles. The fourth-order valence-electron chi connectivity index (χ4n) is 4.77. The molecule has 2 aromatic carbocycles. The molecule has 0 amide bonds. The predicted octanol–water partition coefficient (Wildman–Crippen LogP) is 5.43. The highest BCUT2D eigenvalue weighted by Crippen LogP contribution is 2.57. The normalized spacial score (nSPS) is 16.9. The Hall–Kier alpha value is -3.67. The van der Waals surface area contributed by atoms with Crippen LogP contribution in [-0.4, -0.2) is 32.7 Å². The van der Waals surface area contributed by atoms with Crippen molar-refractivity contribution < 1.29 is 17.6 Å². The third-order valence-electron chi connectivity index (χ3n) is 6.75. The number of hydrogen-bond donors (Lipinski definition) is 0. The van der Waals surface area contributed by atoms with E-state index >= 15 is 4.39 Å². The quantitative estimate of drug-likeness (QED) is 0.278. The molecule has 0 saturated heterocycles. The minimum atomic E-state index is -4.33. The SMILES string of the molecule is Cn1nnc2nc(N3CCCc4c(C#CC5(C(F)(F)F)CC5)cccc43)c3c(F)cccc3c21. The first-order valence-corrected chi connectivity index (χ1v) is 11.1. The molecule has 0 atom stereocenters. The molecule has 1 saturated carbocycles. The number of benzene rings is 2. The lowest BCUT2D eigenvalue weighted by molar-refractivity contribution is -0.168. The maximum absolute atomic E-state index is 15.1. The highest BCUT2D eigenvalue weighted by atomic mass is 19.4. The maximum atomic E-state index is 15.1. The highest BCUT2D eigenvalue weighted by Gasteiger charge is 2.62. The molecule has 6 rings (SSSR count). The predicted molar refractivity (Wildman–Crippen MR) is 120 cm³/mol. The van der Waals surface area contributed by atoms with Crippen LogP contribution in [0.25, 0.3) is 21.9 Å². The summed E-state index contributed by atoms with van der Waals surface area (Å²) in [5.74, 6) is 5.33. The van der Waals surface area contributed by atoms with Gasteiger partial charge in [0.1, 0.15) is 22.6 Å². The van der Waals surface area contributed by atoms with Gasteiger partial charge in [-0.2, -0.15) is 13.2 Å². The van der Waals surface area contributed by atoms with Gasteiger partial charge in [-0.25, -0.2) is 14.1 Å². The van der Waals surface area contributed by atoms with E-state index in [1.54, 1.807) is 29.9 Å². The van der Waals surface area contributed by atoms with Gasteiger partial charge in [0.2, 0.25) is 5.65 Å². The number of hydrogen-bond acceptors (Lipinski definition) is 4. The summed E-state index contributed by atoms with van der Waals surface area (Å²) in [5.41, 5.74) is 1.35. The van der Waals surface area contributed by atoms with Gasteiger partial charge < -0.3 is 4.90 Å². The van der Waals surface area contributed by atoms with Crippen LogP contribution in [0.5, 0.6) is 0 Å². The molecule has 0 bridgehead atoms. The third-order valence-corrected chi connectivity index (χ3v) is 6.75. The Morgan fingerprint density at radius 3 is 2.65 bits per heavy atom. The minimum absolute atomic E-state index is 0.0396. The molecule has 34 heavy (non-hydrogen) atoms. The molecule has 5 nitrogen and oxygen atoms in total. The van der Waals surface area contributed by atoms with E-state index in [9.17, 15) is 13.2 Å². The fourth-order valence-corrected chi connectivity index (χ4v) is 4.77. The molecule has 2 aromatic heterocycles. The Labute approximate surface area is 192 Å². The van der Waals surface area contributed by atoms with Crippen LogP contribution in [0, 0.1) is 23.1 Å². The van der Waals surface area contributed by atoms with E-state index in [4.69, 9.17) is 0 Å². The number of nitrogens with zero attached hydrogens (tertiary/aromatic N) is 5. The fraction of sp³-hybridized carbons (Fsp3) is 0.320. The van der Waals surface area contributed by atoms with E-state index in [2.05, 4.69) is 27.1 Å². The van der Waals surface area contributed by atoms with Gasteiger partial charge in [-0.15, -0.1) is 5.10 Å². The van der Waals surface area contributed by atoms with Crippen LogP contribution in [0.3, 0.4) is 0 Å². The zero-order valence-corrected chi connectivity index (χ0v) is 18.2. The summed E-state index contributed by atoms with van der Waals surface area (Å²) in [5, 5.41) is 9.19. The lowest BCUT2D eigenvalue weighted by Crippen LogP contribution is -2.26. The Kier molecular flexibility index (Phi) is 4.40. The van der Waals surface area contributed by atoms with Gasteiger partial charge in [0, 0.05) is 30.2 Å². The third kappa shape index (κ3) is 3.05. The van der Waals surface area contributed by atoms with Crippen LogP contribution in [0.2, 0.25) is 0 Å². The van der Waals surface area contributed by atoms with Crippen LogP contribution < -0.4 is 4.90 Å². The minimum Gasteiger partial charge on any atom is -0.325 e. The molecule has 1 aliphatic heterocycles. The zero-order chi connectivity index (χ0) is 23.7. The first kappa shape index (κ1) is 20.9. The monoisotopic (exact) mass is 465 g/mol. The van der Waals surface area contributed by atoms with E-state index < -0.39 is 17.4 Å². The van der Waals surface area contributed by atoms with Crippen molar-refractivity contribution >= 4 is 33.4 Å². The summed E-state index contributed by atoms with van der Waals surface area (Å²) < 4.78 is 56.8. The summed E-state index contributed by atoms with van der Waals surface area (Å²) in [7, 11) is 1.73. The number of rotatable bonds is 1. The molecule has 0 spiro atoms. The van der Waals surface area contributed by atoms with Crippen molar-refractivity contribution in [3.8, 4) is 11.8 Å². The van der Waals surface area contributed by atoms with Crippen molar-refractivity contribution in [1.82, 2.24) is 20.0 Å². The summed E-state index contributed by atoms with van der Waals surface area (Å²) in [6, 6.07) is 10.2. The molecule has 0 radical (unpaired) electrons. The van der Waals surface area contributed by atoms with Gasteiger partial charge in [0.05, 0.1) is 5.39 Å². The second kappa shape index (κ2) is 7.16. The molecule has 2 aliphatic rings. The molecule has 0 unspecified atom stereocenters. The molecule has 9 heteroatoms. The highest BCUT2D eigenvalue weighted by molar-refractivity contribution is 6.08. The number of fused-ring (bicyclic) bond motifs is 4. The second-order valence-corrected chi connectivity index (χ2v) is 8.87. The van der Waals surface area contributed by atoms with Crippen molar-refractivity contribution in [2.24, 2.45) is 12.5 Å². The van der Waals surface area contributed by atoms with Crippen LogP contribution in [-0.2, 0) is 13.5 Å². The summed E-state index contributed by atoms with van der Waals surface area (Å²) in [6.45, 7) is 0.582. The van der Waals surface area contributed by atoms with Crippen LogP contribution in [0.4, 0.5) is 29.1 Å². The van der Waals surface area contributed by atoms with Gasteiger partial charge in [0.25, 0.3) is 0 Å². The Balaban J connectivity index is 1.52. The maximum Gasteiger partial charge on any atom is 0.405 e. The van der Waals surface area contributed by atoms with Crippen molar-refractivity contribution in [1.29, 1.82) is 0 Å². The first-order valence-electron chi connectivity index (χ1n) is 11.1. The second-order valence-electron chi connectivity index (χ2n) is 8.87. The Bertz CT molecular complexity index is 1520. The number of aryl methyl sites for hydroxylation is 1. The van der Waals surface area contributed by atoms with E-state index in [0.717, 1.165) is 17.7 Å². The van der Waals surface area contributed by atoms with Gasteiger partial charge in [-0.1, -0.05) is 35.3 Å². The average Bonchev–Trinajstić information content (AvgIpc) is 3.53. The largest absolute Gasteiger partial charge is 0.405 e. The Morgan fingerprint density at radius 1 is 1.09 bits per heavy atom. The molecule has 172 valence electrons. The topological polar surface area (TPSA) is 46.8 Å². The van der Waals surface area contributed by atoms with Crippen LogP contribution in [0.15, 0.2) is 36.4 Å². The number of alkyl halides is 3. The van der Waals surface area contributed by atoms with E-state index in [1.807, 2.05) is 17.0 Å². The van der Waals surface area contributed by atoms with Gasteiger partial charge in [-0.05, 0) is 49.4 Å². The van der Waals surface area contributed by atoms with E-state index in [0.29, 0.717) is 46.3 Å². The lowest BCUT2D eigenvalue weighted by Gasteiger charge is -2.32. The lowest BCUT2D eigenvalue weighted by atomic mass is 9.95. The smallest absolute Gasteiger partial charge is 0.325 e. The molecule has 0 N–H and O–H groups in total. The number of pyridine rings is 1. The van der Waals surface area contributed by atoms with Crippen molar-refractivity contribution in [2.75, 3.05) is 11.4 Å². The summed E-state index contributed by atoms with van der Waals surface area (Å²) in [4.78, 5) is 6.59. The van der Waals surface area contributed by atoms with Crippen molar-refractivity contribution in [3.63, 3.8) is 0 Å². The van der Waals surface area contributed by atoms with Gasteiger partial charge >= 0.3 is 6.18 Å². The standard InChI is InChI=1S/C25H19F4N5/c1-33-21-17-6-3-8-18(26)20(17)23(30-22(21)31-32-33)34-14-4-7-16-15(5-2-9-19(16)34)10-11-24(12-13-24)25(27,28)29/h2-3,5-6,8-9H,4,7,12-14H2,1H3. The number of aromatic nitrogens is 4. The molecular formula is C25H19F4N5. The molecule has 4 aromatic rings. The van der Waals surface area contributed by atoms with Crippen molar-refractivity contribution in [2.45, 2.75) is 31.9 Å². The Morgan fingerprint density at radius 2 is 1.88 bits per heavy atom. The number of anilines is 2. The average molecular weight is 465 g/mol. The first-order chi connectivity index (χ1) is 16.3. The molecule has 1 fully saturated rings. The van der Waals surface area contributed by atoms with Crippen molar-refractivity contribution in [3.05, 3.63) is 53.3 Å². The van der Waals surface area contributed by atoms with Crippen LogP contribution >= 0.6 is 0 Å². The summed E-state index contributed by atoms with van der Waals surface area (Å²) in [6.07, 6.45) is -2.85. The van der Waals surface area contributed by atoms with E-state index in [-0.39, 0.29) is 12.8 Å². The number of halogens is 4. The summed E-state index contributed by atoms with van der Waals surface area (Å²) >= 11 is 0. The van der Waals surface area contributed by atoms with Gasteiger partial charge in [0.15, 0.2) is 0 Å². The van der Waals surface area contributed by atoms with E-state index in [1.165, 1.54) is 6.07 Å². The zero-order valence-electron chi connectivity index (χ0n) is 18.2. The molecule has 1 aliphatic carbocycles. The van der Waals surface area contributed by atoms with Gasteiger partial charge in [-0.3, -0.25) is 0 Å². The van der Waals surface area contributed by atoms with Crippen LogP contribution in [0.1, 0.15) is 30.4 Å². The molecular weight excluding hydrogens is 446 g/mol.